The van der Waals surface area contributed by atoms with E-state index in [2.05, 4.69) is 15.4 Å². The SMILES string of the molecule is Cn1cnc(CNC(=O)CCCCC(=O)O)n1. The van der Waals surface area contributed by atoms with Crippen molar-refractivity contribution < 1.29 is 14.7 Å². The molecular formula is C10H16N4O3. The van der Waals surface area contributed by atoms with Gasteiger partial charge in [-0.05, 0) is 12.8 Å². The van der Waals surface area contributed by atoms with Gasteiger partial charge in [-0.3, -0.25) is 14.3 Å². The lowest BCUT2D eigenvalue weighted by molar-refractivity contribution is -0.137. The number of carboxylic acids is 1. The fraction of sp³-hybridized carbons (Fsp3) is 0.600. The van der Waals surface area contributed by atoms with Gasteiger partial charge >= 0.3 is 5.97 Å². The molecular weight excluding hydrogens is 224 g/mol. The predicted octanol–water partition coefficient (Wildman–Crippen LogP) is 0.0763. The Morgan fingerprint density at radius 2 is 2.12 bits per heavy atom. The van der Waals surface area contributed by atoms with Gasteiger partial charge in [0.15, 0.2) is 5.82 Å². The van der Waals surface area contributed by atoms with E-state index in [1.165, 1.54) is 0 Å². The second kappa shape index (κ2) is 6.62. The van der Waals surface area contributed by atoms with Gasteiger partial charge < -0.3 is 10.4 Å². The summed E-state index contributed by atoms with van der Waals surface area (Å²) in [4.78, 5) is 25.6. The van der Waals surface area contributed by atoms with Crippen LogP contribution in [-0.4, -0.2) is 31.7 Å². The van der Waals surface area contributed by atoms with E-state index in [1.807, 2.05) is 0 Å². The standard InChI is InChI=1S/C10H16N4O3/c1-14-7-12-8(13-14)6-11-9(15)4-2-3-5-10(16)17/h7H,2-6H2,1H3,(H,11,15)(H,16,17). The van der Waals surface area contributed by atoms with Crippen molar-refractivity contribution in [3.63, 3.8) is 0 Å². The molecule has 7 heteroatoms. The van der Waals surface area contributed by atoms with Crippen LogP contribution in [0.4, 0.5) is 0 Å². The molecule has 0 aliphatic carbocycles. The summed E-state index contributed by atoms with van der Waals surface area (Å²) >= 11 is 0. The first-order valence-electron chi connectivity index (χ1n) is 5.41. The number of aryl methyl sites for hydroxylation is 1. The molecule has 0 fully saturated rings. The van der Waals surface area contributed by atoms with Crippen LogP contribution in [0, 0.1) is 0 Å². The van der Waals surface area contributed by atoms with Crippen LogP contribution in [0.3, 0.4) is 0 Å². The van der Waals surface area contributed by atoms with Crippen LogP contribution in [-0.2, 0) is 23.2 Å². The summed E-state index contributed by atoms with van der Waals surface area (Å²) in [6.07, 6.45) is 3.10. The Kier molecular flexibility index (Phi) is 5.12. The summed E-state index contributed by atoms with van der Waals surface area (Å²) in [5, 5.41) is 15.1. The maximum absolute atomic E-state index is 11.3. The van der Waals surface area contributed by atoms with Crippen molar-refractivity contribution >= 4 is 11.9 Å². The molecule has 0 unspecified atom stereocenters. The molecule has 17 heavy (non-hydrogen) atoms. The van der Waals surface area contributed by atoms with Gasteiger partial charge in [0.1, 0.15) is 6.33 Å². The average molecular weight is 240 g/mol. The number of carbonyl (C=O) groups is 2. The number of carboxylic acid groups (broad SMARTS) is 1. The zero-order chi connectivity index (χ0) is 12.7. The number of amides is 1. The van der Waals surface area contributed by atoms with Gasteiger partial charge in [-0.15, -0.1) is 0 Å². The molecule has 0 aliphatic heterocycles. The molecule has 0 saturated carbocycles. The molecule has 1 amide bonds. The highest BCUT2D eigenvalue weighted by Gasteiger charge is 2.04. The molecule has 0 saturated heterocycles. The minimum atomic E-state index is -0.830. The van der Waals surface area contributed by atoms with Crippen molar-refractivity contribution in [1.82, 2.24) is 20.1 Å². The van der Waals surface area contributed by atoms with Crippen LogP contribution >= 0.6 is 0 Å². The highest BCUT2D eigenvalue weighted by Crippen LogP contribution is 1.99. The molecule has 0 bridgehead atoms. The summed E-state index contributed by atoms with van der Waals surface area (Å²) in [5.74, 6) is -0.377. The highest BCUT2D eigenvalue weighted by atomic mass is 16.4. The first-order chi connectivity index (χ1) is 8.08. The predicted molar refractivity (Wildman–Crippen MR) is 59.0 cm³/mol. The van der Waals surface area contributed by atoms with Gasteiger partial charge in [0, 0.05) is 19.9 Å². The molecule has 94 valence electrons. The quantitative estimate of drug-likeness (QED) is 0.658. The molecule has 1 aromatic rings. The van der Waals surface area contributed by atoms with Crippen LogP contribution in [0.25, 0.3) is 0 Å². The lowest BCUT2D eigenvalue weighted by Crippen LogP contribution is -2.23. The highest BCUT2D eigenvalue weighted by molar-refractivity contribution is 5.75. The third-order valence-electron chi connectivity index (χ3n) is 2.14. The van der Waals surface area contributed by atoms with Crippen LogP contribution < -0.4 is 5.32 Å². The number of aliphatic carboxylic acids is 1. The molecule has 1 aromatic heterocycles. The van der Waals surface area contributed by atoms with Gasteiger partial charge in [-0.25, -0.2) is 4.98 Å². The van der Waals surface area contributed by atoms with Crippen molar-refractivity contribution in [1.29, 1.82) is 0 Å². The van der Waals surface area contributed by atoms with E-state index in [0.29, 0.717) is 31.6 Å². The van der Waals surface area contributed by atoms with Crippen molar-refractivity contribution in [3.8, 4) is 0 Å². The zero-order valence-electron chi connectivity index (χ0n) is 9.72. The smallest absolute Gasteiger partial charge is 0.303 e. The number of hydrogen-bond acceptors (Lipinski definition) is 4. The normalized spacial score (nSPS) is 10.2. The fourth-order valence-electron chi connectivity index (χ4n) is 1.29. The summed E-state index contributed by atoms with van der Waals surface area (Å²) in [6.45, 7) is 0.304. The monoisotopic (exact) mass is 240 g/mol. The Morgan fingerprint density at radius 1 is 1.41 bits per heavy atom. The topological polar surface area (TPSA) is 97.1 Å². The summed E-state index contributed by atoms with van der Waals surface area (Å²) in [7, 11) is 1.75. The van der Waals surface area contributed by atoms with Crippen molar-refractivity contribution in [2.45, 2.75) is 32.2 Å². The van der Waals surface area contributed by atoms with E-state index in [0.717, 1.165) is 0 Å². The average Bonchev–Trinajstić information content (AvgIpc) is 2.67. The van der Waals surface area contributed by atoms with Gasteiger partial charge in [-0.2, -0.15) is 5.10 Å². The molecule has 0 atom stereocenters. The van der Waals surface area contributed by atoms with Gasteiger partial charge in [0.05, 0.1) is 6.54 Å². The third-order valence-corrected chi connectivity index (χ3v) is 2.14. The van der Waals surface area contributed by atoms with Crippen molar-refractivity contribution in [3.05, 3.63) is 12.2 Å². The number of unbranched alkanes of at least 4 members (excludes halogenated alkanes) is 1. The largest absolute Gasteiger partial charge is 0.481 e. The second-order valence-corrected chi connectivity index (χ2v) is 3.71. The molecule has 0 aliphatic rings. The summed E-state index contributed by atoms with van der Waals surface area (Å²) < 4.78 is 1.56. The molecule has 2 N–H and O–H groups in total. The van der Waals surface area contributed by atoms with E-state index in [-0.39, 0.29) is 12.3 Å². The molecule has 0 aromatic carbocycles. The Morgan fingerprint density at radius 3 is 2.71 bits per heavy atom. The Bertz CT molecular complexity index is 389. The fourth-order valence-corrected chi connectivity index (χ4v) is 1.29. The Labute approximate surface area is 98.8 Å². The van der Waals surface area contributed by atoms with Crippen LogP contribution in [0.15, 0.2) is 6.33 Å². The summed E-state index contributed by atoms with van der Waals surface area (Å²) in [5.41, 5.74) is 0. The number of nitrogens with zero attached hydrogens (tertiary/aromatic N) is 3. The van der Waals surface area contributed by atoms with Crippen molar-refractivity contribution in [2.75, 3.05) is 0 Å². The van der Waals surface area contributed by atoms with Crippen LogP contribution in [0.2, 0.25) is 0 Å². The zero-order valence-corrected chi connectivity index (χ0v) is 9.72. The third kappa shape index (κ3) is 5.64. The van der Waals surface area contributed by atoms with Crippen molar-refractivity contribution in [2.24, 2.45) is 7.05 Å². The molecule has 1 rings (SSSR count). The molecule has 7 nitrogen and oxygen atoms in total. The number of rotatable bonds is 7. The molecule has 0 spiro atoms. The van der Waals surface area contributed by atoms with Gasteiger partial charge in [0.25, 0.3) is 0 Å². The summed E-state index contributed by atoms with van der Waals surface area (Å²) in [6, 6.07) is 0. The Hall–Kier alpha value is -1.92. The second-order valence-electron chi connectivity index (χ2n) is 3.71. The first kappa shape index (κ1) is 13.1. The molecule has 1 heterocycles. The Balaban J connectivity index is 2.11. The maximum atomic E-state index is 11.3. The minimum absolute atomic E-state index is 0.106. The van der Waals surface area contributed by atoms with Gasteiger partial charge in [-0.1, -0.05) is 0 Å². The van der Waals surface area contributed by atoms with E-state index in [9.17, 15) is 9.59 Å². The van der Waals surface area contributed by atoms with E-state index in [4.69, 9.17) is 5.11 Å². The van der Waals surface area contributed by atoms with Crippen LogP contribution in [0.1, 0.15) is 31.5 Å². The number of aromatic nitrogens is 3. The minimum Gasteiger partial charge on any atom is -0.481 e. The van der Waals surface area contributed by atoms with E-state index < -0.39 is 5.97 Å². The first-order valence-corrected chi connectivity index (χ1v) is 5.41. The lowest BCUT2D eigenvalue weighted by atomic mass is 10.2. The number of hydrogen-bond donors (Lipinski definition) is 2. The van der Waals surface area contributed by atoms with E-state index in [1.54, 1.807) is 18.1 Å². The molecule has 0 radical (unpaired) electrons. The number of carbonyl (C=O) groups excluding carboxylic acids is 1. The lowest BCUT2D eigenvalue weighted by Gasteiger charge is -2.01. The number of nitrogens with one attached hydrogen (secondary N) is 1. The maximum Gasteiger partial charge on any atom is 0.303 e. The van der Waals surface area contributed by atoms with Gasteiger partial charge in [0.2, 0.25) is 5.91 Å². The van der Waals surface area contributed by atoms with Crippen LogP contribution in [0.5, 0.6) is 0 Å². The van der Waals surface area contributed by atoms with E-state index >= 15 is 0 Å².